The first-order valence-corrected chi connectivity index (χ1v) is 8.79. The van der Waals surface area contributed by atoms with Crippen LogP contribution in [0.1, 0.15) is 56.9 Å². The van der Waals surface area contributed by atoms with E-state index in [2.05, 4.69) is 60.2 Å². The molecule has 0 fully saturated rings. The van der Waals surface area contributed by atoms with Crippen LogP contribution in [0.15, 0.2) is 52.4 Å². The van der Waals surface area contributed by atoms with E-state index in [-0.39, 0.29) is 5.54 Å². The van der Waals surface area contributed by atoms with Crippen molar-refractivity contribution < 1.29 is 0 Å². The van der Waals surface area contributed by atoms with E-state index in [1.54, 1.807) is 0 Å². The third-order valence-corrected chi connectivity index (χ3v) is 4.05. The Labute approximate surface area is 146 Å². The molecule has 2 nitrogen and oxygen atoms in total. The lowest BCUT2D eigenvalue weighted by Gasteiger charge is -2.14. The summed E-state index contributed by atoms with van der Waals surface area (Å²) >= 11 is 0. The maximum atomic E-state index is 4.48. The fraction of sp³-hybridized carbons (Fsp3) is 0.409. The summed E-state index contributed by atoms with van der Waals surface area (Å²) in [6.07, 6.45) is 3.02. The number of hydrogen-bond donors (Lipinski definition) is 0. The lowest BCUT2D eigenvalue weighted by Crippen LogP contribution is -2.08. The smallest absolute Gasteiger partial charge is 0.0954 e. The van der Waals surface area contributed by atoms with Crippen LogP contribution >= 0.6 is 0 Å². The Morgan fingerprint density at radius 2 is 1.42 bits per heavy atom. The molecule has 0 N–H and O–H groups in total. The van der Waals surface area contributed by atoms with Gasteiger partial charge in [-0.3, -0.25) is 0 Å². The van der Waals surface area contributed by atoms with Crippen LogP contribution in [0, 0.1) is 0 Å². The van der Waals surface area contributed by atoms with Gasteiger partial charge in [0.15, 0.2) is 0 Å². The van der Waals surface area contributed by atoms with Gasteiger partial charge in [0, 0.05) is 6.42 Å². The predicted octanol–water partition coefficient (Wildman–Crippen LogP) is 6.01. The van der Waals surface area contributed by atoms with Crippen LogP contribution in [-0.4, -0.2) is 11.5 Å². The van der Waals surface area contributed by atoms with E-state index < -0.39 is 0 Å². The van der Waals surface area contributed by atoms with E-state index in [4.69, 9.17) is 0 Å². The van der Waals surface area contributed by atoms with Crippen LogP contribution < -0.4 is 0 Å². The third-order valence-electron chi connectivity index (χ3n) is 4.05. The molecule has 0 unspecified atom stereocenters. The fourth-order valence-electron chi connectivity index (χ4n) is 2.77. The highest BCUT2D eigenvalue weighted by Crippen LogP contribution is 2.26. The molecule has 0 aliphatic heterocycles. The van der Waals surface area contributed by atoms with Gasteiger partial charge < -0.3 is 0 Å². The minimum Gasteiger partial charge on any atom is -0.219 e. The molecular weight excluding hydrogens is 292 g/mol. The van der Waals surface area contributed by atoms with Gasteiger partial charge in [-0.2, -0.15) is 4.99 Å². The molecule has 2 heteroatoms. The van der Waals surface area contributed by atoms with E-state index in [0.717, 1.165) is 24.9 Å². The summed E-state index contributed by atoms with van der Waals surface area (Å²) in [5, 5.41) is 0. The molecular formula is C22H28N2. The summed E-state index contributed by atoms with van der Waals surface area (Å²) in [5.74, 6) is 0. The molecule has 0 aliphatic rings. The normalized spacial score (nSPS) is 11.0. The molecule has 0 aromatic heterocycles. The second kappa shape index (κ2) is 8.08. The van der Waals surface area contributed by atoms with Crippen molar-refractivity contribution in [2.24, 2.45) is 9.98 Å². The maximum absolute atomic E-state index is 4.48. The van der Waals surface area contributed by atoms with Crippen LogP contribution in [0.5, 0.6) is 0 Å². The van der Waals surface area contributed by atoms with Gasteiger partial charge in [-0.05, 0) is 61.9 Å². The fourth-order valence-corrected chi connectivity index (χ4v) is 2.77. The maximum Gasteiger partial charge on any atom is 0.0954 e. The van der Waals surface area contributed by atoms with Crippen molar-refractivity contribution in [1.29, 1.82) is 0 Å². The monoisotopic (exact) mass is 320 g/mol. The van der Waals surface area contributed by atoms with E-state index in [9.17, 15) is 0 Å². The van der Waals surface area contributed by atoms with Crippen molar-refractivity contribution in [3.05, 3.63) is 64.7 Å². The minimum absolute atomic E-state index is 0.150. The quantitative estimate of drug-likeness (QED) is 0.603. The Morgan fingerprint density at radius 1 is 0.833 bits per heavy atom. The number of benzene rings is 2. The first-order chi connectivity index (χ1) is 11.4. The average Bonchev–Trinajstić information content (AvgIpc) is 2.55. The standard InChI is InChI=1S/C22H28N2/c1-6-17-12-10-13-18(7-2)20(17)15-19-11-8-9-14-21(19)23-16-24-22(3,4)5/h8-14H,6-7,15H2,1-5H3. The largest absolute Gasteiger partial charge is 0.219 e. The molecule has 24 heavy (non-hydrogen) atoms. The van der Waals surface area contributed by atoms with Crippen LogP contribution in [0.3, 0.4) is 0 Å². The Bertz CT molecular complexity index is 723. The lowest BCUT2D eigenvalue weighted by atomic mass is 9.92. The summed E-state index contributed by atoms with van der Waals surface area (Å²) in [7, 11) is 0. The Morgan fingerprint density at radius 3 is 2.00 bits per heavy atom. The topological polar surface area (TPSA) is 24.7 Å². The summed E-state index contributed by atoms with van der Waals surface area (Å²) in [6, 6.07) is 17.8. The van der Waals surface area contributed by atoms with Gasteiger partial charge in [0.25, 0.3) is 0 Å². The Hall–Kier alpha value is -2.18. The number of aliphatic imine (C=N–C) groups is 2. The zero-order valence-electron chi connectivity index (χ0n) is 15.6. The van der Waals surface area contributed by atoms with Gasteiger partial charge in [-0.25, -0.2) is 4.99 Å². The predicted molar refractivity (Wildman–Crippen MR) is 104 cm³/mol. The second-order valence-electron chi connectivity index (χ2n) is 7.06. The van der Waals surface area contributed by atoms with Crippen molar-refractivity contribution in [3.8, 4) is 0 Å². The molecule has 0 spiro atoms. The minimum atomic E-state index is -0.150. The van der Waals surface area contributed by atoms with Gasteiger partial charge in [0.2, 0.25) is 0 Å². The first-order valence-electron chi connectivity index (χ1n) is 8.79. The summed E-state index contributed by atoms with van der Waals surface area (Å²) in [6.45, 7) is 10.6. The van der Waals surface area contributed by atoms with E-state index >= 15 is 0 Å². The summed E-state index contributed by atoms with van der Waals surface area (Å²) in [4.78, 5) is 8.83. The molecule has 0 radical (unpaired) electrons. The molecule has 0 atom stereocenters. The van der Waals surface area contributed by atoms with E-state index in [1.807, 2.05) is 32.9 Å². The molecule has 0 bridgehead atoms. The highest BCUT2D eigenvalue weighted by atomic mass is 14.9. The van der Waals surface area contributed by atoms with Crippen molar-refractivity contribution in [2.45, 2.75) is 59.4 Å². The molecule has 126 valence electrons. The van der Waals surface area contributed by atoms with Gasteiger partial charge in [-0.15, -0.1) is 0 Å². The lowest BCUT2D eigenvalue weighted by molar-refractivity contribution is 0.587. The molecule has 0 aliphatic carbocycles. The van der Waals surface area contributed by atoms with Crippen LogP contribution in [0.25, 0.3) is 0 Å². The molecule has 0 heterocycles. The highest BCUT2D eigenvalue weighted by Gasteiger charge is 2.10. The van der Waals surface area contributed by atoms with E-state index in [1.165, 1.54) is 22.3 Å². The Balaban J connectivity index is 2.40. The van der Waals surface area contributed by atoms with Crippen molar-refractivity contribution in [3.63, 3.8) is 0 Å². The van der Waals surface area contributed by atoms with Crippen molar-refractivity contribution in [2.75, 3.05) is 0 Å². The SMILES string of the molecule is CCc1cccc(CC)c1Cc1ccccc1N=C=NC(C)(C)C. The molecule has 0 saturated carbocycles. The van der Waals surface area contributed by atoms with Crippen molar-refractivity contribution in [1.82, 2.24) is 0 Å². The van der Waals surface area contributed by atoms with E-state index in [0.29, 0.717) is 0 Å². The summed E-state index contributed by atoms with van der Waals surface area (Å²) < 4.78 is 0. The zero-order valence-corrected chi connectivity index (χ0v) is 15.6. The summed E-state index contributed by atoms with van der Waals surface area (Å²) in [5.41, 5.74) is 6.33. The van der Waals surface area contributed by atoms with Gasteiger partial charge in [0.05, 0.1) is 17.2 Å². The number of para-hydroxylation sites is 1. The second-order valence-corrected chi connectivity index (χ2v) is 7.06. The van der Waals surface area contributed by atoms with Crippen LogP contribution in [0.2, 0.25) is 0 Å². The molecule has 0 amide bonds. The first kappa shape index (κ1) is 18.2. The van der Waals surface area contributed by atoms with Crippen LogP contribution in [0.4, 0.5) is 5.69 Å². The number of aryl methyl sites for hydroxylation is 2. The molecule has 0 saturated heterocycles. The zero-order chi connectivity index (χ0) is 17.6. The van der Waals surface area contributed by atoms with Gasteiger partial charge in [-0.1, -0.05) is 50.2 Å². The van der Waals surface area contributed by atoms with Gasteiger partial charge >= 0.3 is 0 Å². The number of hydrogen-bond acceptors (Lipinski definition) is 2. The highest BCUT2D eigenvalue weighted by molar-refractivity contribution is 5.58. The van der Waals surface area contributed by atoms with Crippen molar-refractivity contribution >= 4 is 11.7 Å². The van der Waals surface area contributed by atoms with Crippen LogP contribution in [-0.2, 0) is 19.3 Å². The number of rotatable bonds is 5. The van der Waals surface area contributed by atoms with Gasteiger partial charge in [0.1, 0.15) is 0 Å². The molecule has 2 aromatic rings. The molecule has 2 rings (SSSR count). The number of nitrogens with zero attached hydrogens (tertiary/aromatic N) is 2. The third kappa shape index (κ3) is 4.91. The Kier molecular flexibility index (Phi) is 6.11. The average molecular weight is 320 g/mol. The molecule has 2 aromatic carbocycles.